The predicted octanol–water partition coefficient (Wildman–Crippen LogP) is 5.97. The molecule has 4 rings (SSSR count). The minimum absolute atomic E-state index is 0.0419. The van der Waals surface area contributed by atoms with Crippen LogP contribution in [0.25, 0.3) is 22.3 Å². The summed E-state index contributed by atoms with van der Waals surface area (Å²) in [6.07, 6.45) is 0. The monoisotopic (exact) mass is 393 g/mol. The number of nitrogens with one attached hydrogen (secondary N) is 1. The van der Waals surface area contributed by atoms with Gasteiger partial charge in [-0.3, -0.25) is 4.79 Å². The summed E-state index contributed by atoms with van der Waals surface area (Å²) >= 11 is 0. The lowest BCUT2D eigenvalue weighted by Gasteiger charge is -2.13. The van der Waals surface area contributed by atoms with Gasteiger partial charge in [-0.2, -0.15) is 0 Å². The van der Waals surface area contributed by atoms with Crippen molar-refractivity contribution >= 4 is 17.6 Å². The molecule has 1 amide bonds. The van der Waals surface area contributed by atoms with E-state index in [1.165, 1.54) is 6.07 Å². The van der Waals surface area contributed by atoms with Crippen molar-refractivity contribution in [2.24, 2.45) is 0 Å². The van der Waals surface area contributed by atoms with Crippen molar-refractivity contribution in [3.05, 3.63) is 114 Å². The Morgan fingerprint density at radius 2 is 1.20 bits per heavy atom. The molecule has 0 saturated carbocycles. The number of aromatic carboxylic acids is 1. The third kappa shape index (κ3) is 3.98. The number of carbonyl (C=O) groups excluding carboxylic acids is 1. The summed E-state index contributed by atoms with van der Waals surface area (Å²) < 4.78 is 0. The number of benzene rings is 4. The smallest absolute Gasteiger partial charge is 0.337 e. The molecule has 0 fully saturated rings. The van der Waals surface area contributed by atoms with Crippen LogP contribution in [0.5, 0.6) is 0 Å². The second kappa shape index (κ2) is 8.45. The molecule has 0 aliphatic carbocycles. The zero-order valence-electron chi connectivity index (χ0n) is 16.1. The van der Waals surface area contributed by atoms with Crippen LogP contribution >= 0.6 is 0 Å². The largest absolute Gasteiger partial charge is 0.478 e. The number of carbonyl (C=O) groups is 2. The summed E-state index contributed by atoms with van der Waals surface area (Å²) in [7, 11) is 0. The van der Waals surface area contributed by atoms with Gasteiger partial charge < -0.3 is 10.4 Å². The summed E-state index contributed by atoms with van der Waals surface area (Å²) in [5.74, 6) is -1.46. The van der Waals surface area contributed by atoms with Crippen LogP contribution in [0.2, 0.25) is 0 Å². The molecule has 4 nitrogen and oxygen atoms in total. The molecule has 0 unspecified atom stereocenters. The minimum Gasteiger partial charge on any atom is -0.478 e. The summed E-state index contributed by atoms with van der Waals surface area (Å²) in [5, 5.41) is 12.4. The second-order valence-electron chi connectivity index (χ2n) is 6.80. The summed E-state index contributed by atoms with van der Waals surface area (Å²) in [6.45, 7) is 0. The third-order valence-corrected chi connectivity index (χ3v) is 4.86. The van der Waals surface area contributed by atoms with Gasteiger partial charge in [0.25, 0.3) is 5.91 Å². The van der Waals surface area contributed by atoms with E-state index in [-0.39, 0.29) is 17.2 Å². The fraction of sp³-hybridized carbons (Fsp3) is 0. The Bertz CT molecular complexity index is 1200. The average Bonchev–Trinajstić information content (AvgIpc) is 2.80. The van der Waals surface area contributed by atoms with E-state index in [2.05, 4.69) is 5.32 Å². The lowest BCUT2D eigenvalue weighted by molar-refractivity contribution is 0.0698. The average molecular weight is 393 g/mol. The van der Waals surface area contributed by atoms with Crippen LogP contribution < -0.4 is 5.32 Å². The molecule has 0 spiro atoms. The van der Waals surface area contributed by atoms with E-state index in [0.717, 1.165) is 22.3 Å². The molecule has 4 aromatic rings. The molecule has 0 aliphatic rings. The fourth-order valence-electron chi connectivity index (χ4n) is 3.38. The number of rotatable bonds is 5. The van der Waals surface area contributed by atoms with Gasteiger partial charge in [-0.05, 0) is 40.5 Å². The van der Waals surface area contributed by atoms with Gasteiger partial charge >= 0.3 is 5.97 Å². The van der Waals surface area contributed by atoms with E-state index in [4.69, 9.17) is 0 Å². The molecule has 0 heterocycles. The van der Waals surface area contributed by atoms with E-state index >= 15 is 0 Å². The Morgan fingerprint density at radius 1 is 0.600 bits per heavy atom. The first-order valence-corrected chi connectivity index (χ1v) is 9.52. The molecule has 0 aliphatic heterocycles. The molecule has 0 radical (unpaired) electrons. The van der Waals surface area contributed by atoms with E-state index < -0.39 is 5.97 Å². The first-order chi connectivity index (χ1) is 14.6. The summed E-state index contributed by atoms with van der Waals surface area (Å²) in [5.41, 5.74) is 4.25. The topological polar surface area (TPSA) is 66.4 Å². The maximum Gasteiger partial charge on any atom is 0.337 e. The molecule has 2 N–H and O–H groups in total. The number of carboxylic acid groups (broad SMARTS) is 1. The minimum atomic E-state index is -1.10. The maximum absolute atomic E-state index is 13.1. The highest BCUT2D eigenvalue weighted by atomic mass is 16.4. The second-order valence-corrected chi connectivity index (χ2v) is 6.80. The maximum atomic E-state index is 13.1. The first-order valence-electron chi connectivity index (χ1n) is 9.52. The Morgan fingerprint density at radius 3 is 1.87 bits per heavy atom. The van der Waals surface area contributed by atoms with Gasteiger partial charge in [-0.1, -0.05) is 84.9 Å². The van der Waals surface area contributed by atoms with Crippen LogP contribution in [0.4, 0.5) is 5.69 Å². The highest BCUT2D eigenvalue weighted by Gasteiger charge is 2.17. The number of hydrogen-bond acceptors (Lipinski definition) is 2. The van der Waals surface area contributed by atoms with Crippen LogP contribution in [0.1, 0.15) is 20.7 Å². The zero-order valence-corrected chi connectivity index (χ0v) is 16.1. The van der Waals surface area contributed by atoms with Crippen molar-refractivity contribution in [3.63, 3.8) is 0 Å². The Balaban J connectivity index is 1.73. The van der Waals surface area contributed by atoms with E-state index in [9.17, 15) is 14.7 Å². The lowest BCUT2D eigenvalue weighted by Crippen LogP contribution is -2.16. The molecule has 30 heavy (non-hydrogen) atoms. The van der Waals surface area contributed by atoms with Crippen LogP contribution in [-0.4, -0.2) is 17.0 Å². The molecule has 0 saturated heterocycles. The van der Waals surface area contributed by atoms with E-state index in [1.54, 1.807) is 24.3 Å². The Labute approximate surface area is 174 Å². The van der Waals surface area contributed by atoms with Gasteiger partial charge in [0.2, 0.25) is 0 Å². The zero-order chi connectivity index (χ0) is 20.9. The SMILES string of the molecule is O=C(O)c1ccc(-c2ccccc2)cc1NC(=O)c1ccccc1-c1ccccc1. The molecule has 0 aromatic heterocycles. The summed E-state index contributed by atoms with van der Waals surface area (Å²) in [4.78, 5) is 24.9. The Hall–Kier alpha value is -4.18. The van der Waals surface area contributed by atoms with Crippen LogP contribution in [0, 0.1) is 0 Å². The normalized spacial score (nSPS) is 10.4. The highest BCUT2D eigenvalue weighted by molar-refractivity contribution is 6.11. The van der Waals surface area contributed by atoms with Gasteiger partial charge in [0.1, 0.15) is 0 Å². The predicted molar refractivity (Wildman–Crippen MR) is 119 cm³/mol. The van der Waals surface area contributed by atoms with Gasteiger partial charge in [-0.15, -0.1) is 0 Å². The molecule has 4 aromatic carbocycles. The standard InChI is InChI=1S/C26H19NO3/c28-25(22-14-8-7-13-21(22)19-11-5-2-6-12-19)27-24-17-20(15-16-23(24)26(29)30)18-9-3-1-4-10-18/h1-17H,(H,27,28)(H,29,30). The molecule has 0 atom stereocenters. The van der Waals surface area contributed by atoms with E-state index in [1.807, 2.05) is 72.8 Å². The number of amides is 1. The molecule has 146 valence electrons. The van der Waals surface area contributed by atoms with Crippen LogP contribution in [-0.2, 0) is 0 Å². The van der Waals surface area contributed by atoms with Gasteiger partial charge in [0, 0.05) is 5.56 Å². The van der Waals surface area contributed by atoms with Crippen molar-refractivity contribution in [1.29, 1.82) is 0 Å². The van der Waals surface area contributed by atoms with Crippen LogP contribution in [0.15, 0.2) is 103 Å². The number of hydrogen-bond donors (Lipinski definition) is 2. The molecule has 0 bridgehead atoms. The molecule has 4 heteroatoms. The van der Waals surface area contributed by atoms with E-state index in [0.29, 0.717) is 5.56 Å². The van der Waals surface area contributed by atoms with Crippen LogP contribution in [0.3, 0.4) is 0 Å². The van der Waals surface area contributed by atoms with Gasteiger partial charge in [-0.25, -0.2) is 4.79 Å². The number of anilines is 1. The number of carboxylic acids is 1. The molecular formula is C26H19NO3. The fourth-order valence-corrected chi connectivity index (χ4v) is 3.38. The first kappa shape index (κ1) is 19.2. The third-order valence-electron chi connectivity index (χ3n) is 4.86. The van der Waals surface area contributed by atoms with Gasteiger partial charge in [0.05, 0.1) is 11.3 Å². The van der Waals surface area contributed by atoms with Gasteiger partial charge in [0.15, 0.2) is 0 Å². The van der Waals surface area contributed by atoms with Crippen molar-refractivity contribution in [2.45, 2.75) is 0 Å². The Kier molecular flexibility index (Phi) is 5.39. The molecular weight excluding hydrogens is 374 g/mol. The summed E-state index contributed by atoms with van der Waals surface area (Å²) in [6, 6.07) is 31.5. The van der Waals surface area contributed by atoms with Crippen molar-refractivity contribution in [2.75, 3.05) is 5.32 Å². The highest BCUT2D eigenvalue weighted by Crippen LogP contribution is 2.28. The van der Waals surface area contributed by atoms with Crippen molar-refractivity contribution in [3.8, 4) is 22.3 Å². The lowest BCUT2D eigenvalue weighted by atomic mass is 9.98. The quantitative estimate of drug-likeness (QED) is 0.439. The van der Waals surface area contributed by atoms with Crippen molar-refractivity contribution in [1.82, 2.24) is 0 Å². The van der Waals surface area contributed by atoms with Crippen molar-refractivity contribution < 1.29 is 14.7 Å².